The number of nitrogens with zero attached hydrogens (tertiary/aromatic N) is 1. The van der Waals surface area contributed by atoms with Crippen LogP contribution in [-0.2, 0) is 4.74 Å². The maximum absolute atomic E-state index is 9.50. The van der Waals surface area contributed by atoms with E-state index in [2.05, 4.69) is 19.9 Å². The van der Waals surface area contributed by atoms with E-state index in [4.69, 9.17) is 4.74 Å². The van der Waals surface area contributed by atoms with Crippen LogP contribution in [0.25, 0.3) is 0 Å². The average molecular weight is 320 g/mol. The Labute approximate surface area is 144 Å². The molecule has 0 unspecified atom stereocenters. The summed E-state index contributed by atoms with van der Waals surface area (Å²) in [5.41, 5.74) is -0.0113. The van der Waals surface area contributed by atoms with Gasteiger partial charge in [0.15, 0.2) is 0 Å². The second-order valence-corrected chi connectivity index (χ2v) is 8.20. The van der Waals surface area contributed by atoms with E-state index in [0.717, 1.165) is 38.2 Å². The molecule has 0 saturated heterocycles. The molecule has 2 heteroatoms. The van der Waals surface area contributed by atoms with Gasteiger partial charge in [-0.1, -0.05) is 39.5 Å². The Kier molecular flexibility index (Phi) is 7.90. The van der Waals surface area contributed by atoms with Crippen molar-refractivity contribution >= 4 is 0 Å². The Morgan fingerprint density at radius 1 is 0.957 bits per heavy atom. The minimum absolute atomic E-state index is 0.0113. The van der Waals surface area contributed by atoms with Gasteiger partial charge in [-0.25, -0.2) is 0 Å². The molecule has 0 aromatic carbocycles. The summed E-state index contributed by atoms with van der Waals surface area (Å²) in [7, 11) is 0. The van der Waals surface area contributed by atoms with Crippen LogP contribution in [0.3, 0.4) is 0 Å². The number of hydrogen-bond donors (Lipinski definition) is 0. The van der Waals surface area contributed by atoms with Gasteiger partial charge in [0.2, 0.25) is 0 Å². The van der Waals surface area contributed by atoms with E-state index in [-0.39, 0.29) is 5.41 Å². The summed E-state index contributed by atoms with van der Waals surface area (Å²) in [5, 5.41) is 9.50. The fourth-order valence-electron chi connectivity index (χ4n) is 4.65. The molecule has 2 nitrogen and oxygen atoms in total. The van der Waals surface area contributed by atoms with Crippen molar-refractivity contribution in [3.8, 4) is 6.07 Å². The van der Waals surface area contributed by atoms with E-state index in [1.807, 2.05) is 0 Å². The molecule has 2 aliphatic carbocycles. The molecule has 0 spiro atoms. The second kappa shape index (κ2) is 9.67. The van der Waals surface area contributed by atoms with Gasteiger partial charge >= 0.3 is 0 Å². The minimum Gasteiger partial charge on any atom is -0.378 e. The van der Waals surface area contributed by atoms with Crippen molar-refractivity contribution in [2.45, 2.75) is 103 Å². The standard InChI is InChI=1S/C21H37NO/c1-3-5-6-18-7-9-20(10-8-18)23-16-19-11-14-21(17-22,13-4-2)15-12-19/h18-20H,3-16H2,1-2H3. The lowest BCUT2D eigenvalue weighted by Crippen LogP contribution is -2.30. The van der Waals surface area contributed by atoms with Gasteiger partial charge in [-0.05, 0) is 69.6 Å². The van der Waals surface area contributed by atoms with Crippen LogP contribution in [0, 0.1) is 28.6 Å². The molecular formula is C21H37NO. The highest BCUT2D eigenvalue weighted by molar-refractivity contribution is 5.01. The van der Waals surface area contributed by atoms with Gasteiger partial charge in [-0.2, -0.15) is 5.26 Å². The molecule has 2 saturated carbocycles. The maximum atomic E-state index is 9.50. The van der Waals surface area contributed by atoms with Crippen molar-refractivity contribution in [2.75, 3.05) is 6.61 Å². The highest BCUT2D eigenvalue weighted by Crippen LogP contribution is 2.42. The predicted molar refractivity (Wildman–Crippen MR) is 96.1 cm³/mol. The highest BCUT2D eigenvalue weighted by Gasteiger charge is 2.35. The van der Waals surface area contributed by atoms with Crippen LogP contribution >= 0.6 is 0 Å². The molecule has 0 atom stereocenters. The van der Waals surface area contributed by atoms with Crippen molar-refractivity contribution < 1.29 is 4.74 Å². The number of unbranched alkanes of at least 4 members (excludes halogenated alkanes) is 1. The highest BCUT2D eigenvalue weighted by atomic mass is 16.5. The fourth-order valence-corrected chi connectivity index (χ4v) is 4.65. The first-order valence-electron chi connectivity index (χ1n) is 10.2. The van der Waals surface area contributed by atoms with Gasteiger partial charge in [0.05, 0.1) is 17.6 Å². The summed E-state index contributed by atoms with van der Waals surface area (Å²) in [4.78, 5) is 0. The van der Waals surface area contributed by atoms with Crippen LogP contribution in [0.15, 0.2) is 0 Å². The summed E-state index contributed by atoms with van der Waals surface area (Å²) in [5.74, 6) is 1.67. The van der Waals surface area contributed by atoms with Crippen LogP contribution in [0.4, 0.5) is 0 Å². The number of rotatable bonds is 8. The van der Waals surface area contributed by atoms with E-state index >= 15 is 0 Å². The molecule has 2 aliphatic rings. The summed E-state index contributed by atoms with van der Waals surface area (Å²) in [6, 6.07) is 2.63. The fraction of sp³-hybridized carbons (Fsp3) is 0.952. The van der Waals surface area contributed by atoms with Gasteiger partial charge in [0.1, 0.15) is 0 Å². The molecule has 0 bridgehead atoms. The molecule has 0 aromatic heterocycles. The first-order chi connectivity index (χ1) is 11.2. The molecule has 0 aromatic rings. The summed E-state index contributed by atoms with van der Waals surface area (Å²) < 4.78 is 6.25. The van der Waals surface area contributed by atoms with Gasteiger partial charge in [0, 0.05) is 6.61 Å². The van der Waals surface area contributed by atoms with Crippen molar-refractivity contribution in [2.24, 2.45) is 17.3 Å². The van der Waals surface area contributed by atoms with Gasteiger partial charge in [-0.3, -0.25) is 0 Å². The van der Waals surface area contributed by atoms with Crippen molar-refractivity contribution in [1.82, 2.24) is 0 Å². The third-order valence-electron chi connectivity index (χ3n) is 6.36. The van der Waals surface area contributed by atoms with Crippen LogP contribution in [-0.4, -0.2) is 12.7 Å². The normalized spacial score (nSPS) is 34.9. The van der Waals surface area contributed by atoms with E-state index in [1.165, 1.54) is 57.8 Å². The van der Waals surface area contributed by atoms with Crippen LogP contribution in [0.1, 0.15) is 97.3 Å². The Morgan fingerprint density at radius 3 is 2.22 bits per heavy atom. The number of nitriles is 1. The predicted octanol–water partition coefficient (Wildman–Crippen LogP) is 6.25. The lowest BCUT2D eigenvalue weighted by atomic mass is 9.69. The largest absolute Gasteiger partial charge is 0.378 e. The molecule has 2 rings (SSSR count). The average Bonchev–Trinajstić information content (AvgIpc) is 2.60. The number of ether oxygens (including phenoxy) is 1. The monoisotopic (exact) mass is 319 g/mol. The van der Waals surface area contributed by atoms with Crippen LogP contribution in [0.5, 0.6) is 0 Å². The maximum Gasteiger partial charge on any atom is 0.0689 e. The van der Waals surface area contributed by atoms with Gasteiger partial charge in [0.25, 0.3) is 0 Å². The Balaban J connectivity index is 1.62. The Hall–Kier alpha value is -0.550. The van der Waals surface area contributed by atoms with E-state index < -0.39 is 0 Å². The lowest BCUT2D eigenvalue weighted by molar-refractivity contribution is -0.0134. The molecule has 2 fully saturated rings. The van der Waals surface area contributed by atoms with E-state index in [1.54, 1.807) is 0 Å². The summed E-state index contributed by atoms with van der Waals surface area (Å²) >= 11 is 0. The molecule has 0 radical (unpaired) electrons. The lowest BCUT2D eigenvalue weighted by Gasteiger charge is -2.36. The smallest absolute Gasteiger partial charge is 0.0689 e. The Morgan fingerprint density at radius 2 is 1.65 bits per heavy atom. The minimum atomic E-state index is -0.0113. The summed E-state index contributed by atoms with van der Waals surface area (Å²) in [6.07, 6.45) is 16.8. The third-order valence-corrected chi connectivity index (χ3v) is 6.36. The zero-order chi connectivity index (χ0) is 16.5. The van der Waals surface area contributed by atoms with Crippen LogP contribution < -0.4 is 0 Å². The van der Waals surface area contributed by atoms with Crippen molar-refractivity contribution in [3.63, 3.8) is 0 Å². The quantitative estimate of drug-likeness (QED) is 0.529. The molecule has 132 valence electrons. The van der Waals surface area contributed by atoms with E-state index in [0.29, 0.717) is 12.0 Å². The zero-order valence-corrected chi connectivity index (χ0v) is 15.5. The van der Waals surface area contributed by atoms with E-state index in [9.17, 15) is 5.26 Å². The van der Waals surface area contributed by atoms with Crippen LogP contribution in [0.2, 0.25) is 0 Å². The SMILES string of the molecule is CCCCC1CCC(OCC2CCC(C#N)(CCC)CC2)CC1. The zero-order valence-electron chi connectivity index (χ0n) is 15.5. The third kappa shape index (κ3) is 5.79. The number of hydrogen-bond acceptors (Lipinski definition) is 2. The molecular weight excluding hydrogens is 282 g/mol. The first kappa shape index (κ1) is 18.8. The Bertz CT molecular complexity index is 357. The summed E-state index contributed by atoms with van der Waals surface area (Å²) in [6.45, 7) is 5.43. The van der Waals surface area contributed by atoms with Gasteiger partial charge in [-0.15, -0.1) is 0 Å². The van der Waals surface area contributed by atoms with Gasteiger partial charge < -0.3 is 4.74 Å². The molecule has 0 N–H and O–H groups in total. The molecule has 0 aliphatic heterocycles. The molecule has 0 heterocycles. The topological polar surface area (TPSA) is 33.0 Å². The molecule has 23 heavy (non-hydrogen) atoms. The van der Waals surface area contributed by atoms with Crippen molar-refractivity contribution in [3.05, 3.63) is 0 Å². The molecule has 0 amide bonds. The van der Waals surface area contributed by atoms with Crippen molar-refractivity contribution in [1.29, 1.82) is 5.26 Å². The first-order valence-corrected chi connectivity index (χ1v) is 10.2. The second-order valence-electron chi connectivity index (χ2n) is 8.20.